The highest BCUT2D eigenvalue weighted by molar-refractivity contribution is 7.00. The lowest BCUT2D eigenvalue weighted by atomic mass is 9.33. The fourth-order valence-corrected chi connectivity index (χ4v) is 15.9. The van der Waals surface area contributed by atoms with Gasteiger partial charge < -0.3 is 9.80 Å². The Morgan fingerprint density at radius 1 is 0.235 bits per heavy atom. The van der Waals surface area contributed by atoms with E-state index in [0.29, 0.717) is 0 Å². The summed E-state index contributed by atoms with van der Waals surface area (Å²) in [6.07, 6.45) is 0. The SMILES string of the molecule is Cc1cc(C)c(-c2cc3c4c(c2)N(c2c(-c5ccccc5)cc(C(C)(C)C)cc2-c2ccccc2)c2cc(-c5cc(C(C)(C)C)cc(C(C)(C)C)c5)ccc2B4c2ccc(-c4cc(C(C)(C)C)cc(C(C)(C)C)c4)cc2N3c2c(-c3ccccc3)cc(C(C)(C)C)cc2-c2ccccc2)c(C)c1. The quantitative estimate of drug-likeness (QED) is 0.133. The summed E-state index contributed by atoms with van der Waals surface area (Å²) in [6.45, 7) is 49.2. The summed E-state index contributed by atoms with van der Waals surface area (Å²) < 4.78 is 0. The second-order valence-corrected chi connectivity index (χ2v) is 35.8. The van der Waals surface area contributed by atoms with Crippen LogP contribution < -0.4 is 26.2 Å². The first-order valence-corrected chi connectivity index (χ1v) is 37.2. The lowest BCUT2D eigenvalue weighted by Crippen LogP contribution is -2.61. The molecule has 0 atom stereocenters. The predicted molar refractivity (Wildman–Crippen MR) is 445 cm³/mol. The van der Waals surface area contributed by atoms with E-state index in [1.165, 1.54) is 156 Å². The Kier molecular flexibility index (Phi) is 17.3. The van der Waals surface area contributed by atoms with Crippen molar-refractivity contribution < 1.29 is 0 Å². The first-order valence-electron chi connectivity index (χ1n) is 37.2. The van der Waals surface area contributed by atoms with Crippen molar-refractivity contribution in [2.24, 2.45) is 0 Å². The lowest BCUT2D eigenvalue weighted by molar-refractivity contribution is 0.568. The predicted octanol–water partition coefficient (Wildman–Crippen LogP) is 26.1. The average Bonchev–Trinajstić information content (AvgIpc) is 0.685. The van der Waals surface area contributed by atoms with Crippen LogP contribution in [0.25, 0.3) is 77.9 Å². The molecule has 3 heteroatoms. The minimum atomic E-state index is -0.217. The fraction of sp³-hybridized carbons (Fsp3) is 0.273. The Labute approximate surface area is 611 Å². The van der Waals surface area contributed by atoms with E-state index in [0.717, 1.165) is 22.7 Å². The van der Waals surface area contributed by atoms with Gasteiger partial charge in [0, 0.05) is 45.0 Å². The van der Waals surface area contributed by atoms with Crippen molar-refractivity contribution in [3.63, 3.8) is 0 Å². The summed E-state index contributed by atoms with van der Waals surface area (Å²) in [5.74, 6) is 0. The molecule has 12 aromatic rings. The number of fused-ring (bicyclic) bond motifs is 4. The van der Waals surface area contributed by atoms with E-state index in [1.807, 2.05) is 0 Å². The molecule has 2 heterocycles. The maximum Gasteiger partial charge on any atom is 0.252 e. The van der Waals surface area contributed by atoms with Gasteiger partial charge in [-0.15, -0.1) is 0 Å². The molecule has 0 saturated carbocycles. The summed E-state index contributed by atoms with van der Waals surface area (Å²) in [5, 5.41) is 0. The van der Waals surface area contributed by atoms with Crippen LogP contribution >= 0.6 is 0 Å². The molecular formula is C99H103BN2. The van der Waals surface area contributed by atoms with Crippen LogP contribution in [-0.4, -0.2) is 6.71 Å². The molecular weight excluding hydrogens is 1230 g/mol. The van der Waals surface area contributed by atoms with Gasteiger partial charge in [-0.2, -0.15) is 0 Å². The number of benzene rings is 12. The molecule has 2 aliphatic rings. The van der Waals surface area contributed by atoms with Gasteiger partial charge in [-0.1, -0.05) is 324 Å². The summed E-state index contributed by atoms with van der Waals surface area (Å²) in [4.78, 5) is 5.52. The molecule has 14 rings (SSSR count). The van der Waals surface area contributed by atoms with Gasteiger partial charge in [0.2, 0.25) is 0 Å². The second kappa shape index (κ2) is 25.4. The summed E-state index contributed by atoms with van der Waals surface area (Å²) in [6, 6.07) is 95.1. The van der Waals surface area contributed by atoms with Gasteiger partial charge in [-0.25, -0.2) is 0 Å². The van der Waals surface area contributed by atoms with Gasteiger partial charge >= 0.3 is 0 Å². The Balaban J connectivity index is 1.23. The zero-order valence-corrected chi connectivity index (χ0v) is 64.6. The Hall–Kier alpha value is -9.70. The van der Waals surface area contributed by atoms with E-state index >= 15 is 0 Å². The van der Waals surface area contributed by atoms with E-state index in [4.69, 9.17) is 0 Å². The maximum absolute atomic E-state index is 2.76. The van der Waals surface area contributed by atoms with E-state index in [-0.39, 0.29) is 39.2 Å². The molecule has 0 aliphatic carbocycles. The topological polar surface area (TPSA) is 6.48 Å². The molecule has 0 bridgehead atoms. The van der Waals surface area contributed by atoms with Crippen LogP contribution in [0.4, 0.5) is 34.1 Å². The number of hydrogen-bond acceptors (Lipinski definition) is 2. The zero-order valence-electron chi connectivity index (χ0n) is 64.6. The summed E-state index contributed by atoms with van der Waals surface area (Å²) in [7, 11) is 0. The Bertz CT molecular complexity index is 4720. The second-order valence-electron chi connectivity index (χ2n) is 35.8. The zero-order chi connectivity index (χ0) is 72.5. The van der Waals surface area contributed by atoms with Crippen LogP contribution in [0.1, 0.15) is 175 Å². The van der Waals surface area contributed by atoms with Crippen LogP contribution in [0, 0.1) is 20.8 Å². The van der Waals surface area contributed by atoms with Crippen molar-refractivity contribution >= 4 is 57.2 Å². The summed E-state index contributed by atoms with van der Waals surface area (Å²) in [5.41, 5.74) is 38.3. The smallest absolute Gasteiger partial charge is 0.252 e. The van der Waals surface area contributed by atoms with E-state index in [1.54, 1.807) is 0 Å². The number of aryl methyl sites for hydroxylation is 3. The average molecular weight is 1330 g/mol. The molecule has 2 nitrogen and oxygen atoms in total. The molecule has 0 N–H and O–H groups in total. The Morgan fingerprint density at radius 2 is 0.500 bits per heavy atom. The molecule has 0 unspecified atom stereocenters. The largest absolute Gasteiger partial charge is 0.310 e. The monoisotopic (exact) mass is 1330 g/mol. The van der Waals surface area contributed by atoms with Crippen molar-refractivity contribution in [2.45, 2.75) is 178 Å². The van der Waals surface area contributed by atoms with Crippen molar-refractivity contribution in [1.29, 1.82) is 0 Å². The molecule has 512 valence electrons. The van der Waals surface area contributed by atoms with Gasteiger partial charge in [-0.05, 0) is 218 Å². The normalized spacial score (nSPS) is 13.3. The van der Waals surface area contributed by atoms with Crippen molar-refractivity contribution in [3.05, 3.63) is 293 Å². The van der Waals surface area contributed by atoms with E-state index in [9.17, 15) is 0 Å². The third-order valence-corrected chi connectivity index (χ3v) is 21.8. The number of nitrogens with zero attached hydrogens (tertiary/aromatic N) is 2. The van der Waals surface area contributed by atoms with Gasteiger partial charge in [-0.3, -0.25) is 0 Å². The lowest BCUT2D eigenvalue weighted by Gasteiger charge is -2.46. The Morgan fingerprint density at radius 3 is 0.775 bits per heavy atom. The highest BCUT2D eigenvalue weighted by Gasteiger charge is 2.46. The van der Waals surface area contributed by atoms with Crippen LogP contribution in [0.3, 0.4) is 0 Å². The maximum atomic E-state index is 2.76. The molecule has 0 fully saturated rings. The standard InChI is InChI=1S/C99H103BN2/c1-62-46-63(2)90(64(3)47-62)73-54-88-91-89(55-73)102(93-82(67-38-30-24-31-39-67)60-79(99(19,20)21)61-83(93)68-40-32-25-33-41-68)87-53-70(72-50-76(96(10,11)12)57-77(51-72)97(13,14)15)43-45-85(87)100(91)84-44-42-69(71-48-74(94(4,5)6)56-75(49-71)95(7,8)9)52-86(84)101(88)92-80(65-34-26-22-27-35-65)58-78(98(16,17)18)59-81(92)66-36-28-23-29-37-66/h22-61H,1-21H3. The van der Waals surface area contributed by atoms with Crippen LogP contribution in [0.15, 0.2) is 243 Å². The highest BCUT2D eigenvalue weighted by atomic mass is 15.2. The van der Waals surface area contributed by atoms with Crippen LogP contribution in [0.2, 0.25) is 0 Å². The molecule has 0 spiro atoms. The van der Waals surface area contributed by atoms with E-state index in [2.05, 4.69) is 398 Å². The van der Waals surface area contributed by atoms with Crippen LogP contribution in [0.5, 0.6) is 0 Å². The van der Waals surface area contributed by atoms with Crippen molar-refractivity contribution in [1.82, 2.24) is 0 Å². The van der Waals surface area contributed by atoms with Crippen molar-refractivity contribution in [2.75, 3.05) is 9.80 Å². The minimum absolute atomic E-state index is 0.0923. The highest BCUT2D eigenvalue weighted by Crippen LogP contribution is 2.56. The number of hydrogen-bond donors (Lipinski definition) is 0. The first kappa shape index (κ1) is 69.4. The number of anilines is 6. The molecule has 2 aliphatic heterocycles. The van der Waals surface area contributed by atoms with Gasteiger partial charge in [0.25, 0.3) is 6.71 Å². The summed E-state index contributed by atoms with van der Waals surface area (Å²) >= 11 is 0. The van der Waals surface area contributed by atoms with E-state index < -0.39 is 0 Å². The van der Waals surface area contributed by atoms with Crippen molar-refractivity contribution in [3.8, 4) is 77.9 Å². The third kappa shape index (κ3) is 12.9. The van der Waals surface area contributed by atoms with Gasteiger partial charge in [0.15, 0.2) is 0 Å². The molecule has 12 aromatic carbocycles. The molecule has 0 amide bonds. The fourth-order valence-electron chi connectivity index (χ4n) is 15.9. The van der Waals surface area contributed by atoms with Gasteiger partial charge in [0.05, 0.1) is 11.4 Å². The molecule has 0 radical (unpaired) electrons. The van der Waals surface area contributed by atoms with Crippen LogP contribution in [-0.2, 0) is 32.5 Å². The van der Waals surface area contributed by atoms with Gasteiger partial charge in [0.1, 0.15) is 0 Å². The molecule has 0 saturated heterocycles. The molecule has 102 heavy (non-hydrogen) atoms. The first-order chi connectivity index (χ1) is 48.1. The third-order valence-electron chi connectivity index (χ3n) is 21.8. The minimum Gasteiger partial charge on any atom is -0.310 e. The number of rotatable bonds is 9. The molecule has 0 aromatic heterocycles.